The lowest BCUT2D eigenvalue weighted by Gasteiger charge is -2.19. The van der Waals surface area contributed by atoms with Crippen LogP contribution in [0.5, 0.6) is 0 Å². The average molecular weight is 323 g/mol. The maximum atomic E-state index is 8.94. The number of anilines is 2. The van der Waals surface area contributed by atoms with E-state index in [4.69, 9.17) is 11.0 Å². The minimum Gasteiger partial charge on any atom is -0.395 e. The molecule has 2 N–H and O–H groups in total. The lowest BCUT2D eigenvalue weighted by molar-refractivity contribution is 0.914. The molecule has 92 valence electrons. The van der Waals surface area contributed by atoms with Gasteiger partial charge in [-0.05, 0) is 28.1 Å². The van der Waals surface area contributed by atoms with Crippen LogP contribution in [0.2, 0.25) is 0 Å². The van der Waals surface area contributed by atoms with E-state index in [1.807, 2.05) is 17.3 Å². The van der Waals surface area contributed by atoms with Crippen molar-refractivity contribution >= 4 is 38.8 Å². The molecule has 2 aromatic rings. The highest BCUT2D eigenvalue weighted by Crippen LogP contribution is 2.26. The van der Waals surface area contributed by atoms with Crippen LogP contribution in [0, 0.1) is 11.3 Å². The molecule has 2 heterocycles. The van der Waals surface area contributed by atoms with E-state index in [9.17, 15) is 0 Å². The highest BCUT2D eigenvalue weighted by molar-refractivity contribution is 9.10. The zero-order valence-electron chi connectivity index (χ0n) is 9.72. The Morgan fingerprint density at radius 2 is 2.39 bits per heavy atom. The first-order valence-electron chi connectivity index (χ1n) is 5.20. The lowest BCUT2D eigenvalue weighted by atomic mass is 10.2. The molecule has 0 saturated heterocycles. The van der Waals surface area contributed by atoms with Gasteiger partial charge in [0.25, 0.3) is 0 Å². The van der Waals surface area contributed by atoms with E-state index in [0.717, 1.165) is 4.47 Å². The second kappa shape index (κ2) is 5.38. The van der Waals surface area contributed by atoms with Crippen molar-refractivity contribution in [2.45, 2.75) is 6.54 Å². The highest BCUT2D eigenvalue weighted by Gasteiger charge is 2.11. The van der Waals surface area contributed by atoms with Crippen LogP contribution in [-0.4, -0.2) is 12.0 Å². The number of nitrogens with zero attached hydrogens (tertiary/aromatic N) is 3. The normalized spacial score (nSPS) is 10.1. The molecule has 0 aliphatic rings. The van der Waals surface area contributed by atoms with E-state index >= 15 is 0 Å². The number of nitrogens with two attached hydrogens (primary N) is 1. The second-order valence-corrected chi connectivity index (χ2v) is 5.71. The summed E-state index contributed by atoms with van der Waals surface area (Å²) in [5.41, 5.74) is 6.81. The van der Waals surface area contributed by atoms with Crippen molar-refractivity contribution < 1.29 is 0 Å². The summed E-state index contributed by atoms with van der Waals surface area (Å²) >= 11 is 5.09. The quantitative estimate of drug-likeness (QED) is 0.943. The predicted octanol–water partition coefficient (Wildman–Crippen LogP) is 3.00. The van der Waals surface area contributed by atoms with Crippen LogP contribution < -0.4 is 10.6 Å². The fourth-order valence-electron chi connectivity index (χ4n) is 1.61. The van der Waals surface area contributed by atoms with Crippen molar-refractivity contribution in [3.05, 3.63) is 38.6 Å². The fourth-order valence-corrected chi connectivity index (χ4v) is 3.11. The summed E-state index contributed by atoms with van der Waals surface area (Å²) in [6.45, 7) is 0.711. The van der Waals surface area contributed by atoms with Gasteiger partial charge in [0.1, 0.15) is 6.07 Å². The monoisotopic (exact) mass is 322 g/mol. The number of rotatable bonds is 3. The SMILES string of the molecule is CN(Cc1cc(Br)cs1)c1nccc(C#N)c1N. The average Bonchev–Trinajstić information content (AvgIpc) is 2.75. The Hall–Kier alpha value is -1.58. The summed E-state index contributed by atoms with van der Waals surface area (Å²) in [5, 5.41) is 11.0. The van der Waals surface area contributed by atoms with Crippen molar-refractivity contribution in [1.82, 2.24) is 4.98 Å². The first-order valence-corrected chi connectivity index (χ1v) is 6.87. The Morgan fingerprint density at radius 1 is 1.61 bits per heavy atom. The van der Waals surface area contributed by atoms with Crippen LogP contribution in [0.1, 0.15) is 10.4 Å². The van der Waals surface area contributed by atoms with E-state index < -0.39 is 0 Å². The van der Waals surface area contributed by atoms with Gasteiger partial charge in [0.05, 0.1) is 17.8 Å². The molecule has 6 heteroatoms. The van der Waals surface area contributed by atoms with Gasteiger partial charge in [0.2, 0.25) is 0 Å². The largest absolute Gasteiger partial charge is 0.395 e. The second-order valence-electron chi connectivity index (χ2n) is 3.79. The first-order chi connectivity index (χ1) is 8.61. The topological polar surface area (TPSA) is 65.9 Å². The molecule has 0 aromatic carbocycles. The third-order valence-electron chi connectivity index (χ3n) is 2.47. The molecule has 0 bridgehead atoms. The molecule has 0 fully saturated rings. The van der Waals surface area contributed by atoms with E-state index in [1.165, 1.54) is 4.88 Å². The zero-order valence-corrected chi connectivity index (χ0v) is 12.1. The molecule has 2 rings (SSSR count). The van der Waals surface area contributed by atoms with Gasteiger partial charge in [-0.2, -0.15) is 5.26 Å². The first kappa shape index (κ1) is 12.9. The van der Waals surface area contributed by atoms with Gasteiger partial charge >= 0.3 is 0 Å². The number of nitriles is 1. The molecule has 0 atom stereocenters. The lowest BCUT2D eigenvalue weighted by Crippen LogP contribution is -2.19. The van der Waals surface area contributed by atoms with Crippen LogP contribution in [-0.2, 0) is 6.54 Å². The van der Waals surface area contributed by atoms with Gasteiger partial charge < -0.3 is 10.6 Å². The van der Waals surface area contributed by atoms with Crippen molar-refractivity contribution in [3.8, 4) is 6.07 Å². The molecule has 0 saturated carbocycles. The number of hydrogen-bond acceptors (Lipinski definition) is 5. The van der Waals surface area contributed by atoms with E-state index in [1.54, 1.807) is 23.6 Å². The van der Waals surface area contributed by atoms with Crippen LogP contribution in [0.4, 0.5) is 11.5 Å². The zero-order chi connectivity index (χ0) is 13.1. The Bertz CT molecular complexity index is 602. The number of aromatic nitrogens is 1. The van der Waals surface area contributed by atoms with E-state index in [-0.39, 0.29) is 0 Å². The molecule has 0 aliphatic heterocycles. The summed E-state index contributed by atoms with van der Waals surface area (Å²) in [6, 6.07) is 5.74. The van der Waals surface area contributed by atoms with Gasteiger partial charge in [-0.25, -0.2) is 4.98 Å². The Labute approximate surface area is 118 Å². The predicted molar refractivity (Wildman–Crippen MR) is 77.5 cm³/mol. The van der Waals surface area contributed by atoms with Crippen LogP contribution in [0.15, 0.2) is 28.2 Å². The van der Waals surface area contributed by atoms with Crippen LogP contribution in [0.3, 0.4) is 0 Å². The smallest absolute Gasteiger partial charge is 0.153 e. The van der Waals surface area contributed by atoms with Crippen molar-refractivity contribution in [3.63, 3.8) is 0 Å². The van der Waals surface area contributed by atoms with Crippen LogP contribution >= 0.6 is 27.3 Å². The van der Waals surface area contributed by atoms with E-state index in [2.05, 4.69) is 33.0 Å². The van der Waals surface area contributed by atoms with Gasteiger partial charge in [0, 0.05) is 28.0 Å². The summed E-state index contributed by atoms with van der Waals surface area (Å²) in [6.07, 6.45) is 1.60. The molecule has 0 radical (unpaired) electrons. The minimum atomic E-state index is 0.429. The van der Waals surface area contributed by atoms with Crippen molar-refractivity contribution in [1.29, 1.82) is 5.26 Å². The molecular formula is C12H11BrN4S. The minimum absolute atomic E-state index is 0.429. The van der Waals surface area contributed by atoms with E-state index in [0.29, 0.717) is 23.6 Å². The number of pyridine rings is 1. The highest BCUT2D eigenvalue weighted by atomic mass is 79.9. The molecule has 2 aromatic heterocycles. The summed E-state index contributed by atoms with van der Waals surface area (Å²) in [5.74, 6) is 0.638. The summed E-state index contributed by atoms with van der Waals surface area (Å²) in [7, 11) is 1.91. The molecule has 0 spiro atoms. The maximum absolute atomic E-state index is 8.94. The number of hydrogen-bond donors (Lipinski definition) is 1. The molecule has 0 aliphatic carbocycles. The number of nitrogen functional groups attached to an aromatic ring is 1. The standard InChI is InChI=1S/C12H11BrN4S/c1-17(6-10-4-9(13)7-18-10)12-11(15)8(5-14)2-3-16-12/h2-4,7H,6,15H2,1H3. The van der Waals surface area contributed by atoms with Gasteiger partial charge in [-0.1, -0.05) is 0 Å². The summed E-state index contributed by atoms with van der Waals surface area (Å²) in [4.78, 5) is 7.37. The Morgan fingerprint density at radius 3 is 3.00 bits per heavy atom. The molecule has 0 amide bonds. The third-order valence-corrected chi connectivity index (χ3v) is 4.15. The Kier molecular flexibility index (Phi) is 3.84. The summed E-state index contributed by atoms with van der Waals surface area (Å²) < 4.78 is 1.07. The van der Waals surface area contributed by atoms with Gasteiger partial charge in [-0.15, -0.1) is 11.3 Å². The maximum Gasteiger partial charge on any atom is 0.153 e. The number of thiophene rings is 1. The third kappa shape index (κ3) is 2.63. The number of halogens is 1. The van der Waals surface area contributed by atoms with Gasteiger partial charge in [-0.3, -0.25) is 0 Å². The van der Waals surface area contributed by atoms with Gasteiger partial charge in [0.15, 0.2) is 5.82 Å². The molecule has 4 nitrogen and oxygen atoms in total. The molecular weight excluding hydrogens is 312 g/mol. The van der Waals surface area contributed by atoms with Crippen LogP contribution in [0.25, 0.3) is 0 Å². The fraction of sp³-hybridized carbons (Fsp3) is 0.167. The molecule has 0 unspecified atom stereocenters. The molecule has 18 heavy (non-hydrogen) atoms. The Balaban J connectivity index is 2.24. The van der Waals surface area contributed by atoms with Crippen molar-refractivity contribution in [2.75, 3.05) is 17.7 Å². The van der Waals surface area contributed by atoms with Crippen molar-refractivity contribution in [2.24, 2.45) is 0 Å².